The summed E-state index contributed by atoms with van der Waals surface area (Å²) in [5, 5.41) is 3.03. The number of carbonyl (C=O) groups excluding carboxylic acids is 1. The summed E-state index contributed by atoms with van der Waals surface area (Å²) in [7, 11) is 1.69. The summed E-state index contributed by atoms with van der Waals surface area (Å²) in [5.74, 6) is 0.957. The van der Waals surface area contributed by atoms with Crippen LogP contribution in [-0.2, 0) is 4.79 Å². The van der Waals surface area contributed by atoms with Gasteiger partial charge in [0.1, 0.15) is 5.82 Å². The van der Waals surface area contributed by atoms with Crippen LogP contribution in [0.4, 0.5) is 15.8 Å². The molecule has 1 aromatic carbocycles. The molecule has 0 spiro atoms. The van der Waals surface area contributed by atoms with Crippen molar-refractivity contribution in [3.8, 4) is 0 Å². The van der Waals surface area contributed by atoms with Crippen LogP contribution >= 0.6 is 23.4 Å². The molecule has 0 atom stereocenters. The number of benzene rings is 1. The smallest absolute Gasteiger partial charge is 0.227 e. The molecule has 1 heterocycles. The lowest BCUT2D eigenvalue weighted by molar-refractivity contribution is -0.117. The molecule has 1 aromatic rings. The van der Waals surface area contributed by atoms with E-state index in [0.29, 0.717) is 30.2 Å². The summed E-state index contributed by atoms with van der Waals surface area (Å²) >= 11 is 7.18. The Balaban J connectivity index is 2.26. The van der Waals surface area contributed by atoms with Gasteiger partial charge in [-0.1, -0.05) is 0 Å². The van der Waals surface area contributed by atoms with E-state index in [1.165, 1.54) is 11.0 Å². The van der Waals surface area contributed by atoms with Crippen molar-refractivity contribution in [3.63, 3.8) is 0 Å². The van der Waals surface area contributed by atoms with Gasteiger partial charge in [0, 0.05) is 42.6 Å². The number of rotatable bonds is 4. The van der Waals surface area contributed by atoms with Gasteiger partial charge in [-0.15, -0.1) is 23.4 Å². The van der Waals surface area contributed by atoms with Crippen LogP contribution in [0.3, 0.4) is 0 Å². The largest absolute Gasteiger partial charge is 0.383 e. The number of hydrogen-bond donors (Lipinski definition) is 1. The molecule has 0 radical (unpaired) electrons. The van der Waals surface area contributed by atoms with Crippen molar-refractivity contribution in [2.24, 2.45) is 0 Å². The number of hydrogen-bond acceptors (Lipinski definition) is 3. The Bertz CT molecular complexity index is 484. The highest BCUT2D eigenvalue weighted by molar-refractivity contribution is 7.99. The number of fused-ring (bicyclic) bond motifs is 1. The van der Waals surface area contributed by atoms with E-state index in [1.54, 1.807) is 24.9 Å². The summed E-state index contributed by atoms with van der Waals surface area (Å²) in [6.45, 7) is 0.638. The number of halogens is 2. The van der Waals surface area contributed by atoms with Crippen molar-refractivity contribution in [1.29, 1.82) is 0 Å². The molecule has 19 heavy (non-hydrogen) atoms. The van der Waals surface area contributed by atoms with E-state index in [2.05, 4.69) is 5.32 Å². The highest BCUT2D eigenvalue weighted by Gasteiger charge is 2.21. The van der Waals surface area contributed by atoms with Gasteiger partial charge < -0.3 is 10.2 Å². The Morgan fingerprint density at radius 2 is 2.32 bits per heavy atom. The molecular weight excluding hydrogens is 287 g/mol. The second-order valence-electron chi connectivity index (χ2n) is 4.32. The number of thioether (sulfide) groups is 1. The van der Waals surface area contributed by atoms with Crippen molar-refractivity contribution < 1.29 is 9.18 Å². The molecule has 1 aliphatic heterocycles. The van der Waals surface area contributed by atoms with Gasteiger partial charge in [-0.2, -0.15) is 0 Å². The minimum absolute atomic E-state index is 0.0218. The van der Waals surface area contributed by atoms with E-state index in [9.17, 15) is 9.18 Å². The zero-order chi connectivity index (χ0) is 13.8. The van der Waals surface area contributed by atoms with Crippen molar-refractivity contribution in [1.82, 2.24) is 0 Å². The van der Waals surface area contributed by atoms with E-state index < -0.39 is 0 Å². The summed E-state index contributed by atoms with van der Waals surface area (Å²) in [6, 6.07) is 3.20. The third-order valence-electron chi connectivity index (χ3n) is 2.98. The third-order valence-corrected chi connectivity index (χ3v) is 4.30. The molecule has 1 amide bonds. The Morgan fingerprint density at radius 3 is 3.05 bits per heavy atom. The zero-order valence-corrected chi connectivity index (χ0v) is 12.3. The molecule has 0 fully saturated rings. The van der Waals surface area contributed by atoms with Crippen LogP contribution < -0.4 is 10.2 Å². The summed E-state index contributed by atoms with van der Waals surface area (Å²) in [5.41, 5.74) is 1.12. The molecule has 3 nitrogen and oxygen atoms in total. The van der Waals surface area contributed by atoms with Crippen molar-refractivity contribution in [3.05, 3.63) is 17.9 Å². The van der Waals surface area contributed by atoms with Gasteiger partial charge in [0.2, 0.25) is 5.91 Å². The molecular formula is C13H16ClFN2OS. The number of carbonyl (C=O) groups is 1. The van der Waals surface area contributed by atoms with E-state index in [4.69, 9.17) is 11.6 Å². The lowest BCUT2D eigenvalue weighted by Gasteiger charge is -2.18. The number of amides is 1. The van der Waals surface area contributed by atoms with E-state index in [0.717, 1.165) is 17.1 Å². The van der Waals surface area contributed by atoms with Crippen molar-refractivity contribution in [2.75, 3.05) is 35.4 Å². The van der Waals surface area contributed by atoms with Crippen LogP contribution in [0, 0.1) is 5.82 Å². The first-order chi connectivity index (χ1) is 9.13. The molecule has 2 rings (SSSR count). The number of alkyl halides is 1. The second-order valence-corrected chi connectivity index (χ2v) is 5.84. The Labute approximate surface area is 121 Å². The zero-order valence-electron chi connectivity index (χ0n) is 10.7. The predicted octanol–water partition coefficient (Wildman–Crippen LogP) is 3.33. The van der Waals surface area contributed by atoms with Gasteiger partial charge in [0.05, 0.1) is 11.4 Å². The molecule has 6 heteroatoms. The number of nitrogens with one attached hydrogen (secondary N) is 1. The average Bonchev–Trinajstić information content (AvgIpc) is 2.52. The van der Waals surface area contributed by atoms with Gasteiger partial charge >= 0.3 is 0 Å². The van der Waals surface area contributed by atoms with E-state index in [-0.39, 0.29) is 11.7 Å². The van der Waals surface area contributed by atoms with Gasteiger partial charge in [-0.25, -0.2) is 4.39 Å². The van der Waals surface area contributed by atoms with Crippen molar-refractivity contribution >= 4 is 40.6 Å². The maximum atomic E-state index is 14.0. The normalized spacial score (nSPS) is 15.1. The molecule has 0 bridgehead atoms. The highest BCUT2D eigenvalue weighted by Crippen LogP contribution is 2.37. The van der Waals surface area contributed by atoms with Crippen LogP contribution in [0.5, 0.6) is 0 Å². The van der Waals surface area contributed by atoms with Crippen LogP contribution in [0.15, 0.2) is 17.0 Å². The fraction of sp³-hybridized carbons (Fsp3) is 0.462. The van der Waals surface area contributed by atoms with Crippen LogP contribution in [0.1, 0.15) is 12.8 Å². The summed E-state index contributed by atoms with van der Waals surface area (Å²) < 4.78 is 14.0. The molecule has 1 aliphatic rings. The van der Waals surface area contributed by atoms with Crippen LogP contribution in [0.2, 0.25) is 0 Å². The van der Waals surface area contributed by atoms with Gasteiger partial charge in [-0.05, 0) is 12.5 Å². The standard InChI is InChI=1S/C13H16ClFN2OS/c1-17-11-7-9(15)10(16-5-2-4-14)8-12(11)19-6-3-13(17)18/h7-8,16H,2-6H2,1H3. The summed E-state index contributed by atoms with van der Waals surface area (Å²) in [4.78, 5) is 14.2. The van der Waals surface area contributed by atoms with Gasteiger partial charge in [-0.3, -0.25) is 4.79 Å². The lowest BCUT2D eigenvalue weighted by Crippen LogP contribution is -2.25. The average molecular weight is 303 g/mol. The first-order valence-electron chi connectivity index (χ1n) is 6.16. The lowest BCUT2D eigenvalue weighted by atomic mass is 10.2. The fourth-order valence-corrected chi connectivity index (χ4v) is 3.07. The molecule has 0 saturated carbocycles. The number of anilines is 2. The second kappa shape index (κ2) is 6.48. The van der Waals surface area contributed by atoms with Gasteiger partial charge in [0.25, 0.3) is 0 Å². The molecule has 104 valence electrons. The Hall–Kier alpha value is -0.940. The highest BCUT2D eigenvalue weighted by atomic mass is 35.5. The minimum Gasteiger partial charge on any atom is -0.383 e. The monoisotopic (exact) mass is 302 g/mol. The third kappa shape index (κ3) is 3.34. The SMILES string of the molecule is CN1C(=O)CCSc2cc(NCCCCl)c(F)cc21. The molecule has 1 N–H and O–H groups in total. The molecule has 0 aliphatic carbocycles. The topological polar surface area (TPSA) is 32.3 Å². The van der Waals surface area contributed by atoms with Crippen LogP contribution in [0.25, 0.3) is 0 Å². The van der Waals surface area contributed by atoms with E-state index >= 15 is 0 Å². The molecule has 0 aromatic heterocycles. The Morgan fingerprint density at radius 1 is 1.53 bits per heavy atom. The predicted molar refractivity (Wildman–Crippen MR) is 79.0 cm³/mol. The molecule has 0 unspecified atom stereocenters. The van der Waals surface area contributed by atoms with Gasteiger partial charge in [0.15, 0.2) is 0 Å². The fourth-order valence-electron chi connectivity index (χ4n) is 1.90. The first kappa shape index (κ1) is 14.5. The Kier molecular flexibility index (Phi) is 4.93. The maximum Gasteiger partial charge on any atom is 0.227 e. The molecule has 0 saturated heterocycles. The minimum atomic E-state index is -0.338. The van der Waals surface area contributed by atoms with Crippen molar-refractivity contribution in [2.45, 2.75) is 17.7 Å². The first-order valence-corrected chi connectivity index (χ1v) is 7.68. The maximum absolute atomic E-state index is 14.0. The van der Waals surface area contributed by atoms with E-state index in [1.807, 2.05) is 0 Å². The summed E-state index contributed by atoms with van der Waals surface area (Å²) in [6.07, 6.45) is 1.26. The quantitative estimate of drug-likeness (QED) is 0.684. The number of nitrogens with zero attached hydrogens (tertiary/aromatic N) is 1. The van der Waals surface area contributed by atoms with Crippen LogP contribution in [-0.4, -0.2) is 31.1 Å².